The summed E-state index contributed by atoms with van der Waals surface area (Å²) in [5.41, 5.74) is 8.07. The van der Waals surface area contributed by atoms with Gasteiger partial charge in [-0.1, -0.05) is 18.2 Å². The Balaban J connectivity index is 2.04. The Morgan fingerprint density at radius 2 is 1.80 bits per heavy atom. The topological polar surface area (TPSA) is 71.8 Å². The normalized spacial score (nSPS) is 11.7. The number of nitrogens with zero attached hydrogens (tertiary/aromatic N) is 2. The number of anilines is 1. The second-order valence-electron chi connectivity index (χ2n) is 5.67. The number of amidine groups is 1. The van der Waals surface area contributed by atoms with Crippen LogP contribution in [0.1, 0.15) is 19.4 Å². The van der Waals surface area contributed by atoms with Crippen molar-refractivity contribution in [2.75, 3.05) is 18.0 Å². The highest BCUT2D eigenvalue weighted by Gasteiger charge is 2.11. The molecule has 25 heavy (non-hydrogen) atoms. The predicted molar refractivity (Wildman–Crippen MR) is 103 cm³/mol. The van der Waals surface area contributed by atoms with Gasteiger partial charge >= 0.3 is 5.63 Å². The van der Waals surface area contributed by atoms with Crippen molar-refractivity contribution in [1.82, 2.24) is 0 Å². The van der Waals surface area contributed by atoms with E-state index in [4.69, 9.17) is 10.2 Å². The molecule has 0 saturated heterocycles. The van der Waals surface area contributed by atoms with Crippen molar-refractivity contribution in [3.63, 3.8) is 0 Å². The van der Waals surface area contributed by atoms with Crippen LogP contribution < -0.4 is 16.3 Å². The molecule has 128 valence electrons. The van der Waals surface area contributed by atoms with Gasteiger partial charge in [-0.05, 0) is 44.2 Å². The molecule has 3 aromatic rings. The standard InChI is InChI=1S/C20H21N3O2/c1-3-23(4-2)16-11-10-14-12-17(20(24)25-18(14)13-16)19(21)22-15-8-6-5-7-9-15/h5-13H,3-4H2,1-2H3,(H2,21,22). The maximum absolute atomic E-state index is 12.3. The molecule has 0 amide bonds. The van der Waals surface area contributed by atoms with Crippen LogP contribution in [0.2, 0.25) is 0 Å². The molecule has 2 N–H and O–H groups in total. The van der Waals surface area contributed by atoms with E-state index in [2.05, 4.69) is 23.7 Å². The minimum absolute atomic E-state index is 0.148. The van der Waals surface area contributed by atoms with Gasteiger partial charge in [0.2, 0.25) is 0 Å². The van der Waals surface area contributed by atoms with Crippen LogP contribution in [0.25, 0.3) is 11.0 Å². The van der Waals surface area contributed by atoms with Gasteiger partial charge in [0.05, 0.1) is 5.69 Å². The maximum atomic E-state index is 12.3. The first-order valence-electron chi connectivity index (χ1n) is 8.34. The summed E-state index contributed by atoms with van der Waals surface area (Å²) in [5, 5.41) is 0.816. The van der Waals surface area contributed by atoms with Crippen LogP contribution in [0.3, 0.4) is 0 Å². The van der Waals surface area contributed by atoms with Gasteiger partial charge < -0.3 is 15.1 Å². The number of hydrogen-bond acceptors (Lipinski definition) is 4. The van der Waals surface area contributed by atoms with Crippen molar-refractivity contribution in [3.8, 4) is 0 Å². The summed E-state index contributed by atoms with van der Waals surface area (Å²) in [6.07, 6.45) is 0. The highest BCUT2D eigenvalue weighted by molar-refractivity contribution is 6.00. The van der Waals surface area contributed by atoms with Crippen molar-refractivity contribution < 1.29 is 4.42 Å². The first-order chi connectivity index (χ1) is 12.1. The van der Waals surface area contributed by atoms with E-state index in [1.807, 2.05) is 48.5 Å². The first kappa shape index (κ1) is 16.8. The molecule has 2 aromatic carbocycles. The number of nitrogens with two attached hydrogens (primary N) is 1. The van der Waals surface area contributed by atoms with Crippen molar-refractivity contribution >= 4 is 28.2 Å². The average Bonchev–Trinajstić information content (AvgIpc) is 2.63. The molecule has 3 rings (SSSR count). The summed E-state index contributed by atoms with van der Waals surface area (Å²) in [5.74, 6) is 0.148. The molecule has 0 aliphatic rings. The summed E-state index contributed by atoms with van der Waals surface area (Å²) >= 11 is 0. The zero-order valence-corrected chi connectivity index (χ0v) is 14.4. The van der Waals surface area contributed by atoms with Crippen molar-refractivity contribution in [1.29, 1.82) is 0 Å². The molecular weight excluding hydrogens is 314 g/mol. The smallest absolute Gasteiger partial charge is 0.347 e. The van der Waals surface area contributed by atoms with Crippen molar-refractivity contribution in [3.05, 3.63) is 70.6 Å². The SMILES string of the molecule is CCN(CC)c1ccc2cc(C(N)=Nc3ccccc3)c(=O)oc2c1. The van der Waals surface area contributed by atoms with Gasteiger partial charge in [0.25, 0.3) is 0 Å². The zero-order chi connectivity index (χ0) is 17.8. The fourth-order valence-electron chi connectivity index (χ4n) is 2.77. The minimum atomic E-state index is -0.485. The fourth-order valence-corrected chi connectivity index (χ4v) is 2.77. The minimum Gasteiger partial charge on any atom is -0.422 e. The second-order valence-corrected chi connectivity index (χ2v) is 5.67. The first-order valence-corrected chi connectivity index (χ1v) is 8.34. The van der Waals surface area contributed by atoms with E-state index in [0.717, 1.165) is 24.2 Å². The van der Waals surface area contributed by atoms with Crippen LogP contribution >= 0.6 is 0 Å². The second kappa shape index (κ2) is 7.21. The summed E-state index contributed by atoms with van der Waals surface area (Å²) < 4.78 is 5.49. The Hall–Kier alpha value is -3.08. The molecule has 0 aliphatic heterocycles. The fraction of sp³-hybridized carbons (Fsp3) is 0.200. The van der Waals surface area contributed by atoms with E-state index < -0.39 is 5.63 Å². The molecule has 0 unspecified atom stereocenters. The van der Waals surface area contributed by atoms with E-state index in [1.165, 1.54) is 0 Å². The molecule has 0 radical (unpaired) electrons. The third kappa shape index (κ3) is 3.55. The molecule has 0 bridgehead atoms. The zero-order valence-electron chi connectivity index (χ0n) is 14.4. The van der Waals surface area contributed by atoms with Gasteiger partial charge in [0, 0.05) is 30.2 Å². The van der Waals surface area contributed by atoms with E-state index in [1.54, 1.807) is 6.07 Å². The maximum Gasteiger partial charge on any atom is 0.347 e. The van der Waals surface area contributed by atoms with Gasteiger partial charge in [-0.3, -0.25) is 0 Å². The molecule has 1 aromatic heterocycles. The van der Waals surface area contributed by atoms with Crippen molar-refractivity contribution in [2.45, 2.75) is 13.8 Å². The molecule has 0 spiro atoms. The highest BCUT2D eigenvalue weighted by atomic mass is 16.4. The van der Waals surface area contributed by atoms with E-state index >= 15 is 0 Å². The Morgan fingerprint density at radius 1 is 1.08 bits per heavy atom. The summed E-state index contributed by atoms with van der Waals surface area (Å²) in [4.78, 5) is 18.8. The summed E-state index contributed by atoms with van der Waals surface area (Å²) in [6, 6.07) is 16.8. The van der Waals surface area contributed by atoms with Crippen molar-refractivity contribution in [2.24, 2.45) is 10.7 Å². The lowest BCUT2D eigenvalue weighted by Crippen LogP contribution is -2.23. The van der Waals surface area contributed by atoms with Gasteiger partial charge in [0.15, 0.2) is 0 Å². The molecule has 0 aliphatic carbocycles. The van der Waals surface area contributed by atoms with Gasteiger partial charge in [-0.2, -0.15) is 0 Å². The Morgan fingerprint density at radius 3 is 2.48 bits per heavy atom. The van der Waals surface area contributed by atoms with E-state index in [0.29, 0.717) is 11.3 Å². The average molecular weight is 335 g/mol. The molecule has 0 atom stereocenters. The van der Waals surface area contributed by atoms with Crippen LogP contribution in [-0.4, -0.2) is 18.9 Å². The quantitative estimate of drug-likeness (QED) is 0.439. The Kier molecular flexibility index (Phi) is 4.84. The number of hydrogen-bond donors (Lipinski definition) is 1. The molecular formula is C20H21N3O2. The van der Waals surface area contributed by atoms with E-state index in [9.17, 15) is 4.79 Å². The number of benzene rings is 2. The molecule has 0 saturated carbocycles. The number of rotatable bonds is 5. The third-order valence-electron chi connectivity index (χ3n) is 4.13. The van der Waals surface area contributed by atoms with Crippen LogP contribution in [0.4, 0.5) is 11.4 Å². The van der Waals surface area contributed by atoms with Crippen LogP contribution in [0.5, 0.6) is 0 Å². The lowest BCUT2D eigenvalue weighted by atomic mass is 10.1. The van der Waals surface area contributed by atoms with Crippen LogP contribution in [0.15, 0.2) is 68.8 Å². The summed E-state index contributed by atoms with van der Waals surface area (Å²) in [6.45, 7) is 5.96. The van der Waals surface area contributed by atoms with E-state index in [-0.39, 0.29) is 11.4 Å². The highest BCUT2D eigenvalue weighted by Crippen LogP contribution is 2.22. The number of fused-ring (bicyclic) bond motifs is 1. The van der Waals surface area contributed by atoms with Gasteiger partial charge in [-0.25, -0.2) is 9.79 Å². The van der Waals surface area contributed by atoms with Crippen LogP contribution in [0, 0.1) is 0 Å². The molecule has 5 nitrogen and oxygen atoms in total. The lowest BCUT2D eigenvalue weighted by Gasteiger charge is -2.21. The third-order valence-corrected chi connectivity index (χ3v) is 4.13. The molecule has 0 fully saturated rings. The molecule has 5 heteroatoms. The molecule has 1 heterocycles. The summed E-state index contributed by atoms with van der Waals surface area (Å²) in [7, 11) is 0. The number of para-hydroxylation sites is 1. The Bertz CT molecular complexity index is 958. The number of aliphatic imine (C=N–C) groups is 1. The van der Waals surface area contributed by atoms with Gasteiger partial charge in [-0.15, -0.1) is 0 Å². The lowest BCUT2D eigenvalue weighted by molar-refractivity contribution is 0.559. The largest absolute Gasteiger partial charge is 0.422 e. The Labute approximate surface area is 146 Å². The monoisotopic (exact) mass is 335 g/mol. The van der Waals surface area contributed by atoms with Crippen LogP contribution in [-0.2, 0) is 0 Å². The van der Waals surface area contributed by atoms with Gasteiger partial charge in [0.1, 0.15) is 17.0 Å². The predicted octanol–water partition coefficient (Wildman–Crippen LogP) is 3.68.